The van der Waals surface area contributed by atoms with Crippen molar-refractivity contribution in [3.8, 4) is 0 Å². The largest absolute Gasteiger partial charge is 0.366 e. The molecule has 0 aromatic heterocycles. The number of hydrogen-bond donors (Lipinski definition) is 1. The average Bonchev–Trinajstić information content (AvgIpc) is 2.90. The van der Waals surface area contributed by atoms with Crippen LogP contribution in [0.2, 0.25) is 10.0 Å². The minimum absolute atomic E-state index is 0.307. The molecule has 26 heavy (non-hydrogen) atoms. The van der Waals surface area contributed by atoms with Crippen molar-refractivity contribution in [1.29, 1.82) is 0 Å². The highest BCUT2D eigenvalue weighted by atomic mass is 35.5. The lowest BCUT2D eigenvalue weighted by molar-refractivity contribution is -0.117. The lowest BCUT2D eigenvalue weighted by Gasteiger charge is -2.13. The number of nitrogens with two attached hydrogens (primary N) is 1. The van der Waals surface area contributed by atoms with Crippen LogP contribution in [0.25, 0.3) is 0 Å². The summed E-state index contributed by atoms with van der Waals surface area (Å²) < 4.78 is 0. The van der Waals surface area contributed by atoms with Gasteiger partial charge in [-0.1, -0.05) is 29.3 Å². The number of hydrogen-bond acceptors (Lipinski definition) is 5. The highest BCUT2D eigenvalue weighted by Gasteiger charge is 2.34. The van der Waals surface area contributed by atoms with E-state index in [0.29, 0.717) is 32.7 Å². The molecule has 0 saturated carbocycles. The van der Waals surface area contributed by atoms with Gasteiger partial charge in [0, 0.05) is 5.56 Å². The molecule has 9 heteroatoms. The van der Waals surface area contributed by atoms with E-state index in [4.69, 9.17) is 28.9 Å². The third kappa shape index (κ3) is 3.58. The average molecular weight is 390 g/mol. The Balaban J connectivity index is 1.83. The fourth-order valence-electron chi connectivity index (χ4n) is 2.34. The molecule has 0 aliphatic carbocycles. The SMILES string of the molecule is CC1=NN(c2ccc(Cl)c(Cl)c2)C(=O)C1N=Nc1cccc(C(N)=O)c1. The molecule has 1 aliphatic rings. The monoisotopic (exact) mass is 389 g/mol. The van der Waals surface area contributed by atoms with Crippen LogP contribution in [-0.2, 0) is 4.79 Å². The molecule has 1 heterocycles. The van der Waals surface area contributed by atoms with Crippen molar-refractivity contribution in [3.05, 3.63) is 58.1 Å². The first-order valence-corrected chi connectivity index (χ1v) is 8.27. The number of anilines is 1. The van der Waals surface area contributed by atoms with Crippen LogP contribution in [0, 0.1) is 0 Å². The molecule has 1 unspecified atom stereocenters. The predicted molar refractivity (Wildman–Crippen MR) is 100 cm³/mol. The number of halogens is 2. The van der Waals surface area contributed by atoms with Crippen LogP contribution in [0.3, 0.4) is 0 Å². The van der Waals surface area contributed by atoms with Crippen molar-refractivity contribution in [2.24, 2.45) is 21.1 Å². The zero-order valence-electron chi connectivity index (χ0n) is 13.6. The first-order chi connectivity index (χ1) is 12.4. The molecule has 0 radical (unpaired) electrons. The number of amides is 2. The van der Waals surface area contributed by atoms with Gasteiger partial charge in [0.05, 0.1) is 27.1 Å². The highest BCUT2D eigenvalue weighted by Crippen LogP contribution is 2.30. The van der Waals surface area contributed by atoms with Gasteiger partial charge in [-0.3, -0.25) is 9.59 Å². The number of primary amides is 1. The highest BCUT2D eigenvalue weighted by molar-refractivity contribution is 6.42. The molecule has 2 amide bonds. The van der Waals surface area contributed by atoms with E-state index in [1.807, 2.05) is 0 Å². The normalized spacial score (nSPS) is 17.0. The van der Waals surface area contributed by atoms with Gasteiger partial charge in [0.25, 0.3) is 5.91 Å². The molecule has 1 aliphatic heterocycles. The second-order valence-corrected chi connectivity index (χ2v) is 6.34. The maximum atomic E-state index is 12.6. The minimum Gasteiger partial charge on any atom is -0.366 e. The Bertz CT molecular complexity index is 958. The molecule has 132 valence electrons. The smallest absolute Gasteiger partial charge is 0.280 e. The lowest BCUT2D eigenvalue weighted by atomic mass is 10.2. The number of hydrazone groups is 1. The Kier molecular flexibility index (Phi) is 5.01. The number of benzene rings is 2. The third-order valence-corrected chi connectivity index (χ3v) is 4.40. The van der Waals surface area contributed by atoms with Gasteiger partial charge < -0.3 is 5.73 Å². The first kappa shape index (κ1) is 18.0. The van der Waals surface area contributed by atoms with Crippen LogP contribution >= 0.6 is 23.2 Å². The summed E-state index contributed by atoms with van der Waals surface area (Å²) in [6.07, 6.45) is 0. The van der Waals surface area contributed by atoms with E-state index in [-0.39, 0.29) is 5.91 Å². The number of carbonyl (C=O) groups is 2. The van der Waals surface area contributed by atoms with Crippen LogP contribution in [0.1, 0.15) is 17.3 Å². The molecular formula is C17H13Cl2N5O2. The van der Waals surface area contributed by atoms with Crippen molar-refractivity contribution in [2.45, 2.75) is 13.0 Å². The Morgan fingerprint density at radius 2 is 1.96 bits per heavy atom. The van der Waals surface area contributed by atoms with Crippen LogP contribution in [0.4, 0.5) is 11.4 Å². The van der Waals surface area contributed by atoms with Crippen molar-refractivity contribution in [1.82, 2.24) is 0 Å². The zero-order valence-corrected chi connectivity index (χ0v) is 15.1. The first-order valence-electron chi connectivity index (χ1n) is 7.51. The Morgan fingerprint density at radius 1 is 1.19 bits per heavy atom. The van der Waals surface area contributed by atoms with Crippen LogP contribution in [0.15, 0.2) is 57.8 Å². The van der Waals surface area contributed by atoms with Crippen molar-refractivity contribution >= 4 is 52.1 Å². The maximum Gasteiger partial charge on any atom is 0.280 e. The molecule has 2 aromatic rings. The third-order valence-electron chi connectivity index (χ3n) is 3.66. The number of nitrogens with zero attached hydrogens (tertiary/aromatic N) is 4. The second kappa shape index (κ2) is 7.23. The summed E-state index contributed by atoms with van der Waals surface area (Å²) >= 11 is 11.9. The van der Waals surface area contributed by atoms with Crippen molar-refractivity contribution < 1.29 is 9.59 Å². The van der Waals surface area contributed by atoms with Crippen molar-refractivity contribution in [2.75, 3.05) is 5.01 Å². The van der Waals surface area contributed by atoms with Gasteiger partial charge in [-0.25, -0.2) is 0 Å². The Hall–Kier alpha value is -2.77. The summed E-state index contributed by atoms with van der Waals surface area (Å²) in [7, 11) is 0. The van der Waals surface area contributed by atoms with E-state index >= 15 is 0 Å². The fourth-order valence-corrected chi connectivity index (χ4v) is 2.63. The van der Waals surface area contributed by atoms with Gasteiger partial charge in [0.1, 0.15) is 0 Å². The van der Waals surface area contributed by atoms with E-state index in [1.54, 1.807) is 43.3 Å². The Labute approximate surface area is 159 Å². The van der Waals surface area contributed by atoms with E-state index in [2.05, 4.69) is 15.3 Å². The van der Waals surface area contributed by atoms with E-state index in [9.17, 15) is 9.59 Å². The zero-order chi connectivity index (χ0) is 18.8. The van der Waals surface area contributed by atoms with Crippen LogP contribution < -0.4 is 10.7 Å². The van der Waals surface area contributed by atoms with Crippen molar-refractivity contribution in [3.63, 3.8) is 0 Å². The Morgan fingerprint density at radius 3 is 2.65 bits per heavy atom. The summed E-state index contributed by atoms with van der Waals surface area (Å²) in [6, 6.07) is 10.3. The molecule has 3 rings (SSSR count). The maximum absolute atomic E-state index is 12.6. The molecule has 0 fully saturated rings. The molecule has 0 spiro atoms. The van der Waals surface area contributed by atoms with Gasteiger partial charge in [0.15, 0.2) is 6.04 Å². The van der Waals surface area contributed by atoms with Crippen LogP contribution in [-0.4, -0.2) is 23.6 Å². The van der Waals surface area contributed by atoms with Crippen LogP contribution in [0.5, 0.6) is 0 Å². The predicted octanol–water partition coefficient (Wildman–Crippen LogP) is 3.97. The molecule has 0 bridgehead atoms. The summed E-state index contributed by atoms with van der Waals surface area (Å²) in [5.41, 5.74) is 6.92. The van der Waals surface area contributed by atoms with Gasteiger partial charge in [-0.15, -0.1) is 0 Å². The van der Waals surface area contributed by atoms with E-state index in [0.717, 1.165) is 0 Å². The summed E-state index contributed by atoms with van der Waals surface area (Å²) in [4.78, 5) is 23.8. The van der Waals surface area contributed by atoms with Gasteiger partial charge in [0.2, 0.25) is 5.91 Å². The van der Waals surface area contributed by atoms with Gasteiger partial charge in [-0.2, -0.15) is 20.3 Å². The van der Waals surface area contributed by atoms with E-state index < -0.39 is 11.9 Å². The summed E-state index contributed by atoms with van der Waals surface area (Å²) in [6.45, 7) is 1.68. The molecule has 2 aromatic carbocycles. The number of azo groups is 1. The number of carbonyl (C=O) groups excluding carboxylic acids is 2. The lowest BCUT2D eigenvalue weighted by Crippen LogP contribution is -2.29. The second-order valence-electron chi connectivity index (χ2n) is 5.52. The number of rotatable bonds is 4. The quantitative estimate of drug-likeness (QED) is 0.799. The van der Waals surface area contributed by atoms with Gasteiger partial charge in [-0.05, 0) is 43.3 Å². The molecular weight excluding hydrogens is 377 g/mol. The minimum atomic E-state index is -0.860. The molecule has 7 nitrogen and oxygen atoms in total. The summed E-state index contributed by atoms with van der Waals surface area (Å²) in [5, 5.41) is 14.2. The molecule has 2 N–H and O–H groups in total. The fraction of sp³-hybridized carbons (Fsp3) is 0.118. The van der Waals surface area contributed by atoms with E-state index in [1.165, 1.54) is 11.1 Å². The standard InChI is InChI=1S/C17H13Cl2N5O2/c1-9-15(22-21-11-4-2-3-10(7-11)16(20)25)17(26)24(23-9)12-5-6-13(18)14(19)8-12/h2-8,15H,1H3,(H2,20,25). The molecule has 1 atom stereocenters. The summed E-state index contributed by atoms with van der Waals surface area (Å²) in [5.74, 6) is -0.932. The van der Waals surface area contributed by atoms with Gasteiger partial charge >= 0.3 is 0 Å². The molecule has 0 saturated heterocycles. The topological polar surface area (TPSA) is 100 Å².